The summed E-state index contributed by atoms with van der Waals surface area (Å²) in [6.07, 6.45) is 2.83. The highest BCUT2D eigenvalue weighted by atomic mass is 32.2. The Bertz CT molecular complexity index is 408. The number of carboxylic acids is 1. The summed E-state index contributed by atoms with van der Waals surface area (Å²) < 4.78 is 0. The summed E-state index contributed by atoms with van der Waals surface area (Å²) in [7, 11) is 0. The summed E-state index contributed by atoms with van der Waals surface area (Å²) in [6.45, 7) is 3.30. The Morgan fingerprint density at radius 1 is 1.47 bits per heavy atom. The van der Waals surface area contributed by atoms with Gasteiger partial charge < -0.3 is 5.11 Å². The van der Waals surface area contributed by atoms with Crippen LogP contribution < -0.4 is 0 Å². The van der Waals surface area contributed by atoms with E-state index in [0.29, 0.717) is 0 Å². The Balaban J connectivity index is 1.91. The molecule has 1 aliphatic heterocycles. The lowest BCUT2D eigenvalue weighted by Crippen LogP contribution is -2.31. The van der Waals surface area contributed by atoms with Crippen LogP contribution in [0.3, 0.4) is 0 Å². The summed E-state index contributed by atoms with van der Waals surface area (Å²) in [4.78, 5) is 14.2. The molecule has 0 bridgehead atoms. The number of nitrogens with zero attached hydrogens (tertiary/aromatic N) is 1. The number of aliphatic carboxylic acids is 1. The van der Waals surface area contributed by atoms with E-state index in [9.17, 15) is 4.79 Å². The van der Waals surface area contributed by atoms with Gasteiger partial charge in [0, 0.05) is 42.1 Å². The van der Waals surface area contributed by atoms with Gasteiger partial charge in [0.1, 0.15) is 0 Å². The zero-order chi connectivity index (χ0) is 12.1. The topological polar surface area (TPSA) is 40.5 Å². The highest BCUT2D eigenvalue weighted by molar-refractivity contribution is 7.99. The predicted molar refractivity (Wildman–Crippen MR) is 73.6 cm³/mol. The monoisotopic (exact) mass is 269 g/mol. The Morgan fingerprint density at radius 3 is 2.94 bits per heavy atom. The van der Waals surface area contributed by atoms with Crippen molar-refractivity contribution in [3.05, 3.63) is 28.0 Å². The van der Waals surface area contributed by atoms with Crippen LogP contribution in [0.1, 0.15) is 10.4 Å². The van der Waals surface area contributed by atoms with E-state index in [2.05, 4.69) is 11.0 Å². The number of hydrogen-bond donors (Lipinski definition) is 1. The molecule has 0 unspecified atom stereocenters. The lowest BCUT2D eigenvalue weighted by molar-refractivity contribution is -0.131. The predicted octanol–water partition coefficient (Wildman–Crippen LogP) is 2.39. The maximum absolute atomic E-state index is 10.4. The molecule has 0 saturated carbocycles. The van der Waals surface area contributed by atoms with Gasteiger partial charge in [0.2, 0.25) is 0 Å². The zero-order valence-electron chi connectivity index (χ0n) is 9.46. The van der Waals surface area contributed by atoms with Crippen LogP contribution in [0.4, 0.5) is 0 Å². The van der Waals surface area contributed by atoms with Gasteiger partial charge in [-0.15, -0.1) is 11.3 Å². The molecule has 1 N–H and O–H groups in total. The number of carbonyl (C=O) groups is 1. The Hall–Kier alpha value is -0.780. The molecule has 3 nitrogen and oxygen atoms in total. The first-order valence-electron chi connectivity index (χ1n) is 5.52. The maximum atomic E-state index is 10.4. The summed E-state index contributed by atoms with van der Waals surface area (Å²) in [5.74, 6) is 1.54. The van der Waals surface area contributed by atoms with E-state index in [1.54, 1.807) is 17.4 Å². The third kappa shape index (κ3) is 4.18. The highest BCUT2D eigenvalue weighted by Crippen LogP contribution is 2.20. The molecule has 2 rings (SSSR count). The fourth-order valence-corrected chi connectivity index (χ4v) is 3.59. The molecule has 1 fully saturated rings. The molecule has 1 aliphatic rings. The van der Waals surface area contributed by atoms with Gasteiger partial charge in [0.15, 0.2) is 0 Å². The number of hydrogen-bond acceptors (Lipinski definition) is 4. The van der Waals surface area contributed by atoms with Crippen molar-refractivity contribution in [2.45, 2.75) is 6.54 Å². The van der Waals surface area contributed by atoms with Crippen LogP contribution in [0.5, 0.6) is 0 Å². The van der Waals surface area contributed by atoms with E-state index in [-0.39, 0.29) is 0 Å². The normalized spacial score (nSPS) is 17.6. The van der Waals surface area contributed by atoms with Gasteiger partial charge in [-0.2, -0.15) is 11.8 Å². The smallest absolute Gasteiger partial charge is 0.328 e. The van der Waals surface area contributed by atoms with Gasteiger partial charge in [-0.25, -0.2) is 4.79 Å². The van der Waals surface area contributed by atoms with Crippen LogP contribution in [-0.4, -0.2) is 40.6 Å². The van der Waals surface area contributed by atoms with Crippen molar-refractivity contribution in [3.63, 3.8) is 0 Å². The Labute approximate surface area is 109 Å². The quantitative estimate of drug-likeness (QED) is 0.852. The average Bonchev–Trinajstić information content (AvgIpc) is 2.75. The van der Waals surface area contributed by atoms with Crippen molar-refractivity contribution in [2.24, 2.45) is 0 Å². The summed E-state index contributed by atoms with van der Waals surface area (Å²) in [5.41, 5.74) is 0.985. The van der Waals surface area contributed by atoms with E-state index in [0.717, 1.165) is 25.2 Å². The molecule has 0 aromatic carbocycles. The van der Waals surface area contributed by atoms with Crippen LogP contribution in [-0.2, 0) is 11.3 Å². The minimum Gasteiger partial charge on any atom is -0.478 e. The highest BCUT2D eigenvalue weighted by Gasteiger charge is 2.11. The Kier molecular flexibility index (Phi) is 4.65. The minimum atomic E-state index is -0.897. The molecule has 0 amide bonds. The molecule has 92 valence electrons. The Morgan fingerprint density at radius 2 is 2.24 bits per heavy atom. The first kappa shape index (κ1) is 12.7. The molecule has 2 heterocycles. The van der Waals surface area contributed by atoms with Gasteiger partial charge >= 0.3 is 5.97 Å². The van der Waals surface area contributed by atoms with E-state index < -0.39 is 5.97 Å². The minimum absolute atomic E-state index is 0.897. The van der Waals surface area contributed by atoms with Gasteiger partial charge in [-0.05, 0) is 23.1 Å². The first-order valence-corrected chi connectivity index (χ1v) is 7.56. The fraction of sp³-hybridized carbons (Fsp3) is 0.417. The summed E-state index contributed by atoms with van der Waals surface area (Å²) >= 11 is 3.71. The van der Waals surface area contributed by atoms with Crippen LogP contribution in [0.2, 0.25) is 0 Å². The van der Waals surface area contributed by atoms with Crippen molar-refractivity contribution in [1.82, 2.24) is 4.90 Å². The van der Waals surface area contributed by atoms with E-state index in [1.165, 1.54) is 22.5 Å². The first-order chi connectivity index (χ1) is 8.24. The van der Waals surface area contributed by atoms with Crippen molar-refractivity contribution in [1.29, 1.82) is 0 Å². The van der Waals surface area contributed by atoms with E-state index >= 15 is 0 Å². The number of rotatable bonds is 4. The van der Waals surface area contributed by atoms with Gasteiger partial charge in [-0.1, -0.05) is 0 Å². The van der Waals surface area contributed by atoms with Crippen LogP contribution in [0, 0.1) is 0 Å². The second kappa shape index (κ2) is 6.23. The molecule has 0 radical (unpaired) electrons. The number of carboxylic acid groups (broad SMARTS) is 1. The largest absolute Gasteiger partial charge is 0.478 e. The van der Waals surface area contributed by atoms with Gasteiger partial charge in [-0.3, -0.25) is 4.90 Å². The van der Waals surface area contributed by atoms with Crippen molar-refractivity contribution >= 4 is 35.1 Å². The lowest BCUT2D eigenvalue weighted by atomic mass is 10.2. The number of thiophene rings is 1. The third-order valence-electron chi connectivity index (χ3n) is 2.58. The van der Waals surface area contributed by atoms with E-state index in [4.69, 9.17) is 5.11 Å². The molecule has 5 heteroatoms. The average molecular weight is 269 g/mol. The molecule has 1 aromatic rings. The fourth-order valence-electron chi connectivity index (χ4n) is 1.72. The molecular formula is C12H15NO2S2. The summed E-state index contributed by atoms with van der Waals surface area (Å²) in [5, 5.41) is 10.6. The number of thioether (sulfide) groups is 1. The van der Waals surface area contributed by atoms with Gasteiger partial charge in [0.25, 0.3) is 0 Å². The second-order valence-electron chi connectivity index (χ2n) is 3.91. The molecule has 1 aromatic heterocycles. The van der Waals surface area contributed by atoms with Crippen LogP contribution >= 0.6 is 23.1 Å². The molecule has 0 atom stereocenters. The molecular weight excluding hydrogens is 254 g/mol. The maximum Gasteiger partial charge on any atom is 0.328 e. The van der Waals surface area contributed by atoms with E-state index in [1.807, 2.05) is 17.1 Å². The summed E-state index contributed by atoms with van der Waals surface area (Å²) in [6, 6.07) is 2.08. The van der Waals surface area contributed by atoms with Crippen LogP contribution in [0.15, 0.2) is 17.5 Å². The molecule has 0 spiro atoms. The molecule has 17 heavy (non-hydrogen) atoms. The SMILES string of the molecule is O=C(O)C=Cc1csc(CN2CCSCC2)c1. The van der Waals surface area contributed by atoms with Crippen molar-refractivity contribution in [3.8, 4) is 0 Å². The standard InChI is InChI=1S/C12H15NO2S2/c14-12(15)2-1-10-7-11(17-9-10)8-13-3-5-16-6-4-13/h1-2,7,9H,3-6,8H2,(H,14,15). The lowest BCUT2D eigenvalue weighted by Gasteiger charge is -2.25. The molecule has 1 saturated heterocycles. The second-order valence-corrected chi connectivity index (χ2v) is 6.13. The van der Waals surface area contributed by atoms with Gasteiger partial charge in [0.05, 0.1) is 0 Å². The van der Waals surface area contributed by atoms with Crippen molar-refractivity contribution in [2.75, 3.05) is 24.6 Å². The van der Waals surface area contributed by atoms with Crippen molar-refractivity contribution < 1.29 is 9.90 Å². The third-order valence-corrected chi connectivity index (χ3v) is 4.46. The zero-order valence-corrected chi connectivity index (χ0v) is 11.1. The molecule has 0 aliphatic carbocycles. The van der Waals surface area contributed by atoms with Crippen LogP contribution in [0.25, 0.3) is 6.08 Å².